The van der Waals surface area contributed by atoms with Crippen LogP contribution in [-0.4, -0.2) is 47.5 Å². The minimum atomic E-state index is -1.56. The number of rotatable bonds is 11. The van der Waals surface area contributed by atoms with Crippen LogP contribution in [0.3, 0.4) is 0 Å². The van der Waals surface area contributed by atoms with E-state index in [0.717, 1.165) is 18.9 Å². The van der Waals surface area contributed by atoms with Crippen molar-refractivity contribution in [2.45, 2.75) is 76.1 Å². The van der Waals surface area contributed by atoms with Gasteiger partial charge in [-0.05, 0) is 42.0 Å². The van der Waals surface area contributed by atoms with Crippen molar-refractivity contribution in [3.05, 3.63) is 69.2 Å². The summed E-state index contributed by atoms with van der Waals surface area (Å²) in [6.07, 6.45) is 1.24. The highest BCUT2D eigenvalue weighted by molar-refractivity contribution is 6.31. The molecule has 0 bridgehead atoms. The van der Waals surface area contributed by atoms with Gasteiger partial charge in [0.05, 0.1) is 29.3 Å². The van der Waals surface area contributed by atoms with E-state index >= 15 is 8.78 Å². The van der Waals surface area contributed by atoms with Crippen LogP contribution in [0, 0.1) is 17.0 Å². The summed E-state index contributed by atoms with van der Waals surface area (Å²) in [5.41, 5.74) is 5.66. The Hall–Kier alpha value is -1.81. The van der Waals surface area contributed by atoms with E-state index in [-0.39, 0.29) is 39.6 Å². The molecule has 6 N–H and O–H groups in total. The Morgan fingerprint density at radius 1 is 1.24 bits per heavy atom. The van der Waals surface area contributed by atoms with Gasteiger partial charge >= 0.3 is 0 Å². The molecule has 5 atom stereocenters. The van der Waals surface area contributed by atoms with Gasteiger partial charge < -0.3 is 26.6 Å². The van der Waals surface area contributed by atoms with Crippen LogP contribution in [0.5, 0.6) is 0 Å². The Morgan fingerprint density at radius 3 is 2.53 bits per heavy atom. The Labute approximate surface area is 232 Å². The van der Waals surface area contributed by atoms with Crippen LogP contribution in [0.25, 0.3) is 0 Å². The molecule has 0 radical (unpaired) electrons. The zero-order chi connectivity index (χ0) is 28.3. The zero-order valence-electron chi connectivity index (χ0n) is 21.9. The van der Waals surface area contributed by atoms with Crippen molar-refractivity contribution in [1.82, 2.24) is 10.6 Å². The fourth-order valence-electron chi connectivity index (χ4n) is 5.39. The molecule has 1 fully saturated rings. The molecular formula is C28H37Cl2F2N3O3. The molecule has 1 saturated heterocycles. The first-order valence-corrected chi connectivity index (χ1v) is 13.7. The zero-order valence-corrected chi connectivity index (χ0v) is 23.4. The van der Waals surface area contributed by atoms with Crippen LogP contribution in [0.15, 0.2) is 36.4 Å². The van der Waals surface area contributed by atoms with Gasteiger partial charge in [-0.1, -0.05) is 75.0 Å². The summed E-state index contributed by atoms with van der Waals surface area (Å²) < 4.78 is 31.2. The van der Waals surface area contributed by atoms with E-state index in [1.54, 1.807) is 6.07 Å². The second kappa shape index (κ2) is 12.6. The largest absolute Gasteiger partial charge is 0.394 e. The van der Waals surface area contributed by atoms with Gasteiger partial charge in [-0.15, -0.1) is 0 Å². The molecular weight excluding hydrogens is 535 g/mol. The lowest BCUT2D eigenvalue weighted by Gasteiger charge is -2.41. The van der Waals surface area contributed by atoms with Crippen molar-refractivity contribution >= 4 is 29.1 Å². The number of aliphatic hydroxyl groups is 2. The topological polar surface area (TPSA) is 108 Å². The molecule has 1 aliphatic heterocycles. The van der Waals surface area contributed by atoms with E-state index in [1.165, 1.54) is 24.3 Å². The molecule has 6 nitrogen and oxygen atoms in total. The third-order valence-electron chi connectivity index (χ3n) is 8.19. The normalized spacial score (nSPS) is 24.4. The van der Waals surface area contributed by atoms with Crippen LogP contribution in [0.4, 0.5) is 8.78 Å². The van der Waals surface area contributed by atoms with Gasteiger partial charge in [0.15, 0.2) is 0 Å². The fraction of sp³-hybridized carbons (Fsp3) is 0.536. The number of halogens is 4. The number of carbonyl (C=O) groups excluding carboxylic acids is 1. The molecule has 0 aliphatic carbocycles. The molecule has 5 unspecified atom stereocenters. The van der Waals surface area contributed by atoms with Crippen LogP contribution in [0.2, 0.25) is 10.0 Å². The predicted molar refractivity (Wildman–Crippen MR) is 146 cm³/mol. The first kappa shape index (κ1) is 30.7. The SMILES string of the molecule is CCC(C)(CC)CC1NC(C(=O)NCCC(O)CO)C(c2cccc(Cl)c2F)C1(N)c1ccc(Cl)cc1F. The molecule has 1 aliphatic rings. The van der Waals surface area contributed by atoms with Crippen molar-refractivity contribution in [1.29, 1.82) is 0 Å². The predicted octanol–water partition coefficient (Wildman–Crippen LogP) is 4.63. The Kier molecular flexibility index (Phi) is 10.2. The van der Waals surface area contributed by atoms with E-state index in [0.29, 0.717) is 6.42 Å². The first-order chi connectivity index (χ1) is 17.9. The Morgan fingerprint density at radius 2 is 1.92 bits per heavy atom. The highest BCUT2D eigenvalue weighted by Gasteiger charge is 2.58. The maximum absolute atomic E-state index is 15.6. The smallest absolute Gasteiger partial charge is 0.237 e. The molecule has 10 heteroatoms. The quantitative estimate of drug-likeness (QED) is 0.270. The van der Waals surface area contributed by atoms with Crippen LogP contribution in [-0.2, 0) is 10.3 Å². The molecule has 3 rings (SSSR count). The molecule has 0 saturated carbocycles. The third-order valence-corrected chi connectivity index (χ3v) is 8.72. The molecule has 2 aromatic carbocycles. The molecule has 1 heterocycles. The summed E-state index contributed by atoms with van der Waals surface area (Å²) >= 11 is 12.2. The number of carbonyl (C=O) groups is 1. The summed E-state index contributed by atoms with van der Waals surface area (Å²) in [6.45, 7) is 5.85. The van der Waals surface area contributed by atoms with Gasteiger partial charge in [0.1, 0.15) is 11.6 Å². The monoisotopic (exact) mass is 571 g/mol. The Balaban J connectivity index is 2.20. The summed E-state index contributed by atoms with van der Waals surface area (Å²) in [7, 11) is 0. The van der Waals surface area contributed by atoms with Gasteiger partial charge in [0.25, 0.3) is 0 Å². The van der Waals surface area contributed by atoms with Crippen LogP contribution >= 0.6 is 23.2 Å². The van der Waals surface area contributed by atoms with E-state index in [9.17, 15) is 9.90 Å². The summed E-state index contributed by atoms with van der Waals surface area (Å²) in [4.78, 5) is 13.6. The minimum absolute atomic E-state index is 0.0721. The lowest BCUT2D eigenvalue weighted by molar-refractivity contribution is -0.123. The van der Waals surface area contributed by atoms with Gasteiger partial charge in [0.2, 0.25) is 5.91 Å². The Bertz CT molecular complexity index is 1130. The molecule has 2 aromatic rings. The molecule has 0 aromatic heterocycles. The van der Waals surface area contributed by atoms with E-state index < -0.39 is 53.8 Å². The van der Waals surface area contributed by atoms with Gasteiger partial charge in [-0.3, -0.25) is 4.79 Å². The number of nitrogens with one attached hydrogen (secondary N) is 2. The van der Waals surface area contributed by atoms with Crippen molar-refractivity contribution in [3.63, 3.8) is 0 Å². The van der Waals surface area contributed by atoms with Crippen molar-refractivity contribution < 1.29 is 23.8 Å². The number of hydrogen-bond acceptors (Lipinski definition) is 5. The van der Waals surface area contributed by atoms with E-state index in [2.05, 4.69) is 31.4 Å². The lowest BCUT2D eigenvalue weighted by Crippen LogP contribution is -2.52. The molecule has 210 valence electrons. The standard InChI is InChI=1S/C28H37Cl2F2N3O3/c1-4-27(3,5-2)14-22-28(33,19-10-9-16(29)13-21(19)31)23(18-7-6-8-20(30)24(18)32)25(35-22)26(38)34-12-11-17(37)15-36/h6-10,13,17,22-23,25,35-37H,4-5,11-12,14-15,33H2,1-3H3,(H,34,38). The van der Waals surface area contributed by atoms with Crippen LogP contribution < -0.4 is 16.4 Å². The minimum Gasteiger partial charge on any atom is -0.394 e. The average Bonchev–Trinajstić information content (AvgIpc) is 3.17. The maximum Gasteiger partial charge on any atom is 0.237 e. The number of nitrogens with two attached hydrogens (primary N) is 1. The summed E-state index contributed by atoms with van der Waals surface area (Å²) in [6, 6.07) is 7.01. The summed E-state index contributed by atoms with van der Waals surface area (Å²) in [5.74, 6) is -2.90. The van der Waals surface area contributed by atoms with Gasteiger partial charge in [-0.2, -0.15) is 0 Å². The average molecular weight is 573 g/mol. The highest BCUT2D eigenvalue weighted by Crippen LogP contribution is 2.50. The third kappa shape index (κ3) is 6.16. The molecule has 0 spiro atoms. The highest BCUT2D eigenvalue weighted by atomic mass is 35.5. The molecule has 38 heavy (non-hydrogen) atoms. The van der Waals surface area contributed by atoms with Crippen molar-refractivity contribution in [2.75, 3.05) is 13.2 Å². The molecule has 1 amide bonds. The second-order valence-corrected chi connectivity index (χ2v) is 11.4. The fourth-order valence-corrected chi connectivity index (χ4v) is 5.73. The number of benzene rings is 2. The van der Waals surface area contributed by atoms with E-state index in [4.69, 9.17) is 34.0 Å². The van der Waals surface area contributed by atoms with Gasteiger partial charge in [-0.25, -0.2) is 8.78 Å². The maximum atomic E-state index is 15.6. The van der Waals surface area contributed by atoms with Crippen LogP contribution in [0.1, 0.15) is 63.5 Å². The number of amides is 1. The number of hydrogen-bond donors (Lipinski definition) is 5. The summed E-state index contributed by atoms with van der Waals surface area (Å²) in [5, 5.41) is 24.9. The second-order valence-electron chi connectivity index (χ2n) is 10.5. The van der Waals surface area contributed by atoms with Gasteiger partial charge in [0, 0.05) is 29.1 Å². The first-order valence-electron chi connectivity index (χ1n) is 12.9. The lowest BCUT2D eigenvalue weighted by atomic mass is 9.67. The van der Waals surface area contributed by atoms with E-state index in [1.807, 2.05) is 0 Å². The van der Waals surface area contributed by atoms with Crippen molar-refractivity contribution in [2.24, 2.45) is 11.1 Å². The van der Waals surface area contributed by atoms with Crippen molar-refractivity contribution in [3.8, 4) is 0 Å². The number of aliphatic hydroxyl groups excluding tert-OH is 2.